The second-order valence-electron chi connectivity index (χ2n) is 13.3. The molecule has 8 nitrogen and oxygen atoms in total. The summed E-state index contributed by atoms with van der Waals surface area (Å²) < 4.78 is 7.14. The van der Waals surface area contributed by atoms with Gasteiger partial charge in [0, 0.05) is 39.0 Å². The van der Waals surface area contributed by atoms with Gasteiger partial charge in [-0.25, -0.2) is 4.98 Å². The lowest BCUT2D eigenvalue weighted by Crippen LogP contribution is -2.57. The summed E-state index contributed by atoms with van der Waals surface area (Å²) in [5.74, 6) is 2.38. The third-order valence-electron chi connectivity index (χ3n) is 9.98. The van der Waals surface area contributed by atoms with Crippen LogP contribution in [0, 0.1) is 28.6 Å². The molecule has 2 aromatic rings. The molecule has 38 heavy (non-hydrogen) atoms. The highest BCUT2D eigenvalue weighted by Gasteiger charge is 2.50. The molecule has 3 heterocycles. The molecule has 4 saturated carbocycles. The third kappa shape index (κ3) is 4.75. The normalized spacial score (nSPS) is 31.4. The zero-order chi connectivity index (χ0) is 26.5. The first-order valence-corrected chi connectivity index (χ1v) is 14.5. The van der Waals surface area contributed by atoms with Crippen molar-refractivity contribution in [1.82, 2.24) is 24.9 Å². The smallest absolute Gasteiger partial charge is 0.274 e. The minimum absolute atomic E-state index is 0.0664. The molecule has 2 aromatic heterocycles. The van der Waals surface area contributed by atoms with Crippen LogP contribution in [0.25, 0.3) is 5.65 Å². The maximum atomic E-state index is 13.8. The summed E-state index contributed by atoms with van der Waals surface area (Å²) in [6.07, 6.45) is 10.6. The highest BCUT2D eigenvalue weighted by molar-refractivity contribution is 5.95. The zero-order valence-electron chi connectivity index (χ0n) is 23.2. The number of aromatic nitrogens is 2. The van der Waals surface area contributed by atoms with Gasteiger partial charge in [0.05, 0.1) is 6.61 Å². The van der Waals surface area contributed by atoms with Crippen molar-refractivity contribution < 1.29 is 14.3 Å². The van der Waals surface area contributed by atoms with E-state index in [-0.39, 0.29) is 28.7 Å². The average molecular weight is 522 g/mol. The summed E-state index contributed by atoms with van der Waals surface area (Å²) in [4.78, 5) is 33.9. The van der Waals surface area contributed by atoms with Gasteiger partial charge < -0.3 is 20.3 Å². The van der Waals surface area contributed by atoms with Crippen molar-refractivity contribution in [2.75, 3.05) is 39.9 Å². The first kappa shape index (κ1) is 25.8. The van der Waals surface area contributed by atoms with E-state index in [1.54, 1.807) is 17.7 Å². The van der Waals surface area contributed by atoms with Crippen LogP contribution >= 0.6 is 0 Å². The van der Waals surface area contributed by atoms with E-state index in [4.69, 9.17) is 4.74 Å². The molecule has 0 spiro atoms. The predicted molar refractivity (Wildman–Crippen MR) is 146 cm³/mol. The van der Waals surface area contributed by atoms with E-state index < -0.39 is 0 Å². The quantitative estimate of drug-likeness (QED) is 0.552. The van der Waals surface area contributed by atoms with Gasteiger partial charge in [-0.1, -0.05) is 19.9 Å². The first-order chi connectivity index (χ1) is 18.3. The van der Waals surface area contributed by atoms with Crippen molar-refractivity contribution in [3.8, 4) is 0 Å². The van der Waals surface area contributed by atoms with Crippen LogP contribution in [0.3, 0.4) is 0 Å². The van der Waals surface area contributed by atoms with Gasteiger partial charge in [-0.2, -0.15) is 0 Å². The Hall–Kier alpha value is -2.45. The lowest BCUT2D eigenvalue weighted by Gasteiger charge is -2.56. The van der Waals surface area contributed by atoms with Crippen LogP contribution in [0.2, 0.25) is 0 Å². The monoisotopic (exact) mass is 521 g/mol. The molecule has 206 valence electrons. The number of imidazole rings is 1. The predicted octanol–water partition coefficient (Wildman–Crippen LogP) is 3.76. The highest BCUT2D eigenvalue weighted by Crippen LogP contribution is 2.59. The number of nitrogens with zero attached hydrogens (tertiary/aromatic N) is 3. The van der Waals surface area contributed by atoms with E-state index in [9.17, 15) is 9.59 Å². The molecule has 4 aliphatic carbocycles. The van der Waals surface area contributed by atoms with Crippen molar-refractivity contribution in [3.05, 3.63) is 35.8 Å². The maximum absolute atomic E-state index is 13.8. The van der Waals surface area contributed by atoms with E-state index in [0.717, 1.165) is 43.8 Å². The number of fused-ring (bicyclic) bond motifs is 1. The minimum atomic E-state index is -0.106. The Morgan fingerprint density at radius 1 is 1.16 bits per heavy atom. The fourth-order valence-corrected chi connectivity index (χ4v) is 8.63. The summed E-state index contributed by atoms with van der Waals surface area (Å²) >= 11 is 0. The standard InChI is InChI=1S/C30H43N5O3/c1-29(2)18-31-8-7-25(29)34(9-10-38-3)28(37)23-17-35-24(5-4-6-26(35)33-23)27(36)32-19-30-14-20-11-21(15-30)13-22(12-20)16-30/h4-6,17,20-22,25,31H,7-16,18-19H2,1-3H3,(H,32,36). The van der Waals surface area contributed by atoms with E-state index in [1.165, 1.54) is 38.5 Å². The van der Waals surface area contributed by atoms with E-state index in [0.29, 0.717) is 30.2 Å². The SMILES string of the molecule is COCCN(C(=O)c1cn2c(C(=O)NCC34CC5CC(CC(C5)C3)C4)cccc2n1)C1CCNCC1(C)C. The van der Waals surface area contributed by atoms with Crippen LogP contribution in [-0.2, 0) is 4.74 Å². The van der Waals surface area contributed by atoms with Crippen molar-refractivity contribution in [1.29, 1.82) is 0 Å². The number of ether oxygens (including phenoxy) is 1. The van der Waals surface area contributed by atoms with Crippen LogP contribution in [0.15, 0.2) is 24.4 Å². The van der Waals surface area contributed by atoms with Gasteiger partial charge in [0.15, 0.2) is 0 Å². The molecule has 2 amide bonds. The number of amides is 2. The average Bonchev–Trinajstić information content (AvgIpc) is 3.32. The van der Waals surface area contributed by atoms with Crippen molar-refractivity contribution in [3.63, 3.8) is 0 Å². The number of piperidine rings is 1. The Labute approximate surface area is 225 Å². The number of carbonyl (C=O) groups excluding carboxylic acids is 2. The minimum Gasteiger partial charge on any atom is -0.383 e. The van der Waals surface area contributed by atoms with Gasteiger partial charge in [0.25, 0.3) is 11.8 Å². The molecule has 7 rings (SSSR count). The Morgan fingerprint density at radius 3 is 2.53 bits per heavy atom. The van der Waals surface area contributed by atoms with E-state index in [1.807, 2.05) is 23.1 Å². The molecule has 4 bridgehead atoms. The number of pyridine rings is 1. The summed E-state index contributed by atoms with van der Waals surface area (Å²) in [5.41, 5.74) is 1.73. The van der Waals surface area contributed by atoms with Gasteiger partial charge >= 0.3 is 0 Å². The highest BCUT2D eigenvalue weighted by atomic mass is 16.5. The van der Waals surface area contributed by atoms with Crippen molar-refractivity contribution in [2.45, 2.75) is 64.8 Å². The Bertz CT molecular complexity index is 1170. The van der Waals surface area contributed by atoms with Crippen molar-refractivity contribution >= 4 is 17.5 Å². The molecule has 8 heteroatoms. The van der Waals surface area contributed by atoms with Crippen LogP contribution in [-0.4, -0.2) is 72.0 Å². The molecule has 5 aliphatic rings. The summed E-state index contributed by atoms with van der Waals surface area (Å²) in [7, 11) is 1.66. The Balaban J connectivity index is 1.21. The third-order valence-corrected chi connectivity index (χ3v) is 9.98. The van der Waals surface area contributed by atoms with Gasteiger partial charge in [0.1, 0.15) is 17.0 Å². The number of hydrogen-bond acceptors (Lipinski definition) is 5. The summed E-state index contributed by atoms with van der Waals surface area (Å²) in [6.45, 7) is 7.87. The number of nitrogens with one attached hydrogen (secondary N) is 2. The number of methoxy groups -OCH3 is 1. The second kappa shape index (κ2) is 9.94. The summed E-state index contributed by atoms with van der Waals surface area (Å²) in [6, 6.07) is 5.63. The molecule has 1 atom stereocenters. The summed E-state index contributed by atoms with van der Waals surface area (Å²) in [5, 5.41) is 6.75. The molecule has 1 aliphatic heterocycles. The Morgan fingerprint density at radius 2 is 1.87 bits per heavy atom. The zero-order valence-corrected chi connectivity index (χ0v) is 23.2. The van der Waals surface area contributed by atoms with Crippen LogP contribution < -0.4 is 10.6 Å². The fourth-order valence-electron chi connectivity index (χ4n) is 8.63. The maximum Gasteiger partial charge on any atom is 0.274 e. The lowest BCUT2D eigenvalue weighted by molar-refractivity contribution is -0.0503. The van der Waals surface area contributed by atoms with Crippen molar-refractivity contribution in [2.24, 2.45) is 28.6 Å². The first-order valence-electron chi connectivity index (χ1n) is 14.5. The van der Waals surface area contributed by atoms with E-state index in [2.05, 4.69) is 29.5 Å². The van der Waals surface area contributed by atoms with Gasteiger partial charge in [-0.3, -0.25) is 14.0 Å². The number of hydrogen-bond donors (Lipinski definition) is 2. The molecule has 0 aromatic carbocycles. The largest absolute Gasteiger partial charge is 0.383 e. The number of rotatable bonds is 8. The van der Waals surface area contributed by atoms with Gasteiger partial charge in [-0.05, 0) is 92.2 Å². The molecule has 5 fully saturated rings. The van der Waals surface area contributed by atoms with Crippen LogP contribution in [0.5, 0.6) is 0 Å². The molecule has 1 unspecified atom stereocenters. The van der Waals surface area contributed by atoms with Gasteiger partial charge in [-0.15, -0.1) is 0 Å². The topological polar surface area (TPSA) is 88.0 Å². The van der Waals surface area contributed by atoms with E-state index >= 15 is 0 Å². The molecule has 2 N–H and O–H groups in total. The molecule has 0 radical (unpaired) electrons. The second-order valence-corrected chi connectivity index (χ2v) is 13.3. The lowest BCUT2D eigenvalue weighted by atomic mass is 9.49. The molecular weight excluding hydrogens is 478 g/mol. The van der Waals surface area contributed by atoms with Gasteiger partial charge in [0.2, 0.25) is 0 Å². The molecular formula is C30H43N5O3. The van der Waals surface area contributed by atoms with Crippen LogP contribution in [0.1, 0.15) is 79.8 Å². The Kier molecular flexibility index (Phi) is 6.75. The number of carbonyl (C=O) groups is 2. The molecule has 1 saturated heterocycles. The fraction of sp³-hybridized carbons (Fsp3) is 0.700. The van der Waals surface area contributed by atoms with Crippen LogP contribution in [0.4, 0.5) is 0 Å².